The van der Waals surface area contributed by atoms with Gasteiger partial charge in [0.1, 0.15) is 0 Å². The van der Waals surface area contributed by atoms with Crippen LogP contribution in [0.1, 0.15) is 27.0 Å². The van der Waals surface area contributed by atoms with Crippen LogP contribution in [0, 0.1) is 13.8 Å². The Bertz CT molecular complexity index is 1140. The largest absolute Gasteiger partial charge is 0.465 e. The third-order valence-electron chi connectivity index (χ3n) is 4.30. The highest BCUT2D eigenvalue weighted by Gasteiger charge is 2.06. The van der Waals surface area contributed by atoms with Crippen molar-refractivity contribution in [2.24, 2.45) is 0 Å². The molecule has 2 heterocycles. The van der Waals surface area contributed by atoms with E-state index in [4.69, 9.17) is 5.11 Å². The van der Waals surface area contributed by atoms with Crippen molar-refractivity contribution in [3.8, 4) is 0 Å². The van der Waals surface area contributed by atoms with Gasteiger partial charge in [0.2, 0.25) is 0 Å². The minimum absolute atomic E-state index is 0.0872. The molecule has 0 bridgehead atoms. The molecule has 4 rings (SSSR count). The van der Waals surface area contributed by atoms with Crippen LogP contribution in [-0.4, -0.2) is 28.2 Å². The molecule has 0 spiro atoms. The predicted molar refractivity (Wildman–Crippen MR) is 110 cm³/mol. The number of methoxy groups -OCH3 is 1. The molecule has 5 nitrogen and oxygen atoms in total. The molecule has 1 N–H and O–H groups in total. The molecule has 0 atom stereocenters. The molecular weight excluding hydrogens is 352 g/mol. The average molecular weight is 374 g/mol. The van der Waals surface area contributed by atoms with E-state index in [0.29, 0.717) is 5.56 Å². The highest BCUT2D eigenvalue weighted by Crippen LogP contribution is 2.16. The Morgan fingerprint density at radius 3 is 2.04 bits per heavy atom. The van der Waals surface area contributed by atoms with E-state index in [1.807, 2.05) is 50.4 Å². The number of hydrogen-bond acceptors (Lipinski definition) is 5. The number of esters is 1. The van der Waals surface area contributed by atoms with Crippen LogP contribution < -0.4 is 0 Å². The summed E-state index contributed by atoms with van der Waals surface area (Å²) in [6, 6.07) is 15.2. The summed E-state index contributed by atoms with van der Waals surface area (Å²) < 4.78 is 4.66. The molecule has 0 fully saturated rings. The number of aliphatic hydroxyl groups excluding tert-OH is 1. The highest BCUT2D eigenvalue weighted by atomic mass is 16.5. The van der Waals surface area contributed by atoms with Gasteiger partial charge < -0.3 is 9.84 Å². The van der Waals surface area contributed by atoms with E-state index in [1.165, 1.54) is 7.11 Å². The Morgan fingerprint density at radius 1 is 0.893 bits per heavy atom. The molecule has 2 aromatic carbocycles. The van der Waals surface area contributed by atoms with Crippen molar-refractivity contribution in [1.29, 1.82) is 0 Å². The zero-order valence-electron chi connectivity index (χ0n) is 16.1. The van der Waals surface area contributed by atoms with Gasteiger partial charge in [0.25, 0.3) is 0 Å². The minimum atomic E-state index is -0.321. The smallest absolute Gasteiger partial charge is 0.337 e. The van der Waals surface area contributed by atoms with Crippen LogP contribution >= 0.6 is 0 Å². The summed E-state index contributed by atoms with van der Waals surface area (Å²) >= 11 is 0. The average Bonchev–Trinajstić information content (AvgIpc) is 2.72. The summed E-state index contributed by atoms with van der Waals surface area (Å²) in [6.45, 7) is 4.07. The molecule has 0 aliphatic heterocycles. The van der Waals surface area contributed by atoms with E-state index in [9.17, 15) is 4.79 Å². The van der Waals surface area contributed by atoms with Crippen LogP contribution in [0.5, 0.6) is 0 Å². The molecule has 0 saturated carbocycles. The topological polar surface area (TPSA) is 72.3 Å². The zero-order valence-corrected chi connectivity index (χ0v) is 16.1. The maximum absolute atomic E-state index is 11.3. The Balaban J connectivity index is 0.000000162. The lowest BCUT2D eigenvalue weighted by Gasteiger charge is -2.02. The molecule has 0 saturated heterocycles. The molecule has 0 unspecified atom stereocenters. The zero-order chi connectivity index (χ0) is 20.1. The summed E-state index contributed by atoms with van der Waals surface area (Å²) in [5, 5.41) is 11.0. The summed E-state index contributed by atoms with van der Waals surface area (Å²) in [4.78, 5) is 19.8. The maximum atomic E-state index is 11.3. The molecule has 0 aliphatic carbocycles. The molecular formula is C23H22N2O3. The van der Waals surface area contributed by atoms with Gasteiger partial charge in [-0.15, -0.1) is 0 Å². The van der Waals surface area contributed by atoms with E-state index < -0.39 is 0 Å². The fourth-order valence-corrected chi connectivity index (χ4v) is 2.88. The number of rotatable bonds is 2. The van der Waals surface area contributed by atoms with Crippen LogP contribution in [0.25, 0.3) is 21.8 Å². The summed E-state index contributed by atoms with van der Waals surface area (Å²) in [5.74, 6) is -0.321. The van der Waals surface area contributed by atoms with E-state index in [0.717, 1.165) is 38.5 Å². The number of fused-ring (bicyclic) bond motifs is 2. The molecule has 2 aromatic heterocycles. The second-order valence-corrected chi connectivity index (χ2v) is 6.61. The number of pyridine rings is 2. The van der Waals surface area contributed by atoms with E-state index in [-0.39, 0.29) is 12.6 Å². The number of nitrogens with zero attached hydrogens (tertiary/aromatic N) is 2. The van der Waals surface area contributed by atoms with Gasteiger partial charge in [-0.3, -0.25) is 9.97 Å². The van der Waals surface area contributed by atoms with Crippen molar-refractivity contribution < 1.29 is 14.6 Å². The molecule has 4 aromatic rings. The van der Waals surface area contributed by atoms with E-state index >= 15 is 0 Å². The Morgan fingerprint density at radius 2 is 1.46 bits per heavy atom. The molecule has 0 aliphatic rings. The number of benzene rings is 2. The van der Waals surface area contributed by atoms with Crippen LogP contribution in [0.3, 0.4) is 0 Å². The first kappa shape index (κ1) is 19.5. The fraction of sp³-hybridized carbons (Fsp3) is 0.174. The number of aliphatic hydroxyl groups is 1. The van der Waals surface area contributed by atoms with Crippen molar-refractivity contribution in [2.75, 3.05) is 7.11 Å². The van der Waals surface area contributed by atoms with Crippen LogP contribution in [-0.2, 0) is 11.3 Å². The van der Waals surface area contributed by atoms with Gasteiger partial charge in [0.15, 0.2) is 0 Å². The van der Waals surface area contributed by atoms with Crippen molar-refractivity contribution >= 4 is 27.8 Å². The number of carbonyl (C=O) groups is 1. The van der Waals surface area contributed by atoms with Gasteiger partial charge in [-0.2, -0.15) is 0 Å². The molecule has 0 amide bonds. The normalized spacial score (nSPS) is 10.4. The summed E-state index contributed by atoms with van der Waals surface area (Å²) in [7, 11) is 1.38. The highest BCUT2D eigenvalue weighted by molar-refractivity contribution is 5.94. The Labute approximate surface area is 163 Å². The van der Waals surface area contributed by atoms with Crippen molar-refractivity contribution in [3.63, 3.8) is 0 Å². The summed E-state index contributed by atoms with van der Waals surface area (Å²) in [6.07, 6.45) is 3.65. The quantitative estimate of drug-likeness (QED) is 0.528. The van der Waals surface area contributed by atoms with E-state index in [1.54, 1.807) is 18.3 Å². The van der Waals surface area contributed by atoms with Crippen molar-refractivity contribution in [2.45, 2.75) is 20.5 Å². The number of aromatic nitrogens is 2. The third-order valence-corrected chi connectivity index (χ3v) is 4.30. The molecule has 28 heavy (non-hydrogen) atoms. The number of hydrogen-bond donors (Lipinski definition) is 1. The molecule has 5 heteroatoms. The fourth-order valence-electron chi connectivity index (χ4n) is 2.88. The van der Waals surface area contributed by atoms with Crippen LogP contribution in [0.4, 0.5) is 0 Å². The van der Waals surface area contributed by atoms with Crippen LogP contribution in [0.15, 0.2) is 60.9 Å². The van der Waals surface area contributed by atoms with Gasteiger partial charge in [-0.25, -0.2) is 4.79 Å². The number of aryl methyl sites for hydroxylation is 2. The first-order valence-corrected chi connectivity index (χ1v) is 8.91. The number of carbonyl (C=O) groups excluding carboxylic acids is 1. The Kier molecular flexibility index (Phi) is 5.96. The molecule has 0 radical (unpaired) electrons. The maximum Gasteiger partial charge on any atom is 0.337 e. The lowest BCUT2D eigenvalue weighted by molar-refractivity contribution is 0.0601. The summed E-state index contributed by atoms with van der Waals surface area (Å²) in [5.41, 5.74) is 5.56. The van der Waals surface area contributed by atoms with Crippen molar-refractivity contribution in [3.05, 3.63) is 83.2 Å². The molecule has 142 valence electrons. The third kappa shape index (κ3) is 4.50. The second-order valence-electron chi connectivity index (χ2n) is 6.61. The lowest BCUT2D eigenvalue weighted by atomic mass is 10.1. The lowest BCUT2D eigenvalue weighted by Crippen LogP contribution is -2.00. The van der Waals surface area contributed by atoms with Crippen molar-refractivity contribution in [1.82, 2.24) is 9.97 Å². The van der Waals surface area contributed by atoms with E-state index in [2.05, 4.69) is 20.8 Å². The first-order chi connectivity index (χ1) is 13.5. The number of ether oxygens (including phenoxy) is 1. The SMILES string of the molecule is COC(=O)c1ccc2ncc(C)cc2c1.Cc1cnc2ccc(CO)cc2c1. The minimum Gasteiger partial charge on any atom is -0.465 e. The first-order valence-electron chi connectivity index (χ1n) is 8.91. The van der Waals surface area contributed by atoms with Gasteiger partial charge in [-0.05, 0) is 73.0 Å². The Hall–Kier alpha value is -3.31. The van der Waals surface area contributed by atoms with Gasteiger partial charge in [-0.1, -0.05) is 6.07 Å². The predicted octanol–water partition coefficient (Wildman–Crippen LogP) is 4.37. The second kappa shape index (κ2) is 8.59. The monoisotopic (exact) mass is 374 g/mol. The van der Waals surface area contributed by atoms with Crippen LogP contribution in [0.2, 0.25) is 0 Å². The standard InChI is InChI=1S/C12H11NO2.C11H11NO/c1-8-5-10-6-9(12(14)15-2)3-4-11(10)13-7-8;1-8-4-10-5-9(7-13)2-3-11(10)12-6-8/h3-7H,1-2H3;2-6,13H,7H2,1H3. The van der Waals surface area contributed by atoms with Gasteiger partial charge >= 0.3 is 5.97 Å². The van der Waals surface area contributed by atoms with Gasteiger partial charge in [0.05, 0.1) is 30.3 Å². The van der Waals surface area contributed by atoms with Gasteiger partial charge in [0, 0.05) is 23.2 Å².